The molecule has 0 radical (unpaired) electrons. The van der Waals surface area contributed by atoms with Crippen molar-refractivity contribution in [3.63, 3.8) is 0 Å². The van der Waals surface area contributed by atoms with E-state index in [0.29, 0.717) is 21.2 Å². The number of halogens is 1. The molecule has 0 aliphatic heterocycles. The number of carboxylic acids is 1. The van der Waals surface area contributed by atoms with Gasteiger partial charge in [0, 0.05) is 22.0 Å². The van der Waals surface area contributed by atoms with E-state index in [-0.39, 0.29) is 11.3 Å². The average Bonchev–Trinajstić information content (AvgIpc) is 3.12. The highest BCUT2D eigenvalue weighted by Gasteiger charge is 2.22. The number of carboxylic acid groups (broad SMARTS) is 1. The maximum Gasteiger partial charge on any atom is 0.342 e. The molecule has 1 aromatic heterocycles. The molecule has 11 heteroatoms. The fraction of sp³-hybridized carbons (Fsp3) is 0.0500. The van der Waals surface area contributed by atoms with Crippen LogP contribution in [0.3, 0.4) is 0 Å². The van der Waals surface area contributed by atoms with Gasteiger partial charge in [0.05, 0.1) is 21.1 Å². The summed E-state index contributed by atoms with van der Waals surface area (Å²) in [5, 5.41) is 36.8. The van der Waals surface area contributed by atoms with Crippen LogP contribution in [-0.2, 0) is 0 Å². The van der Waals surface area contributed by atoms with Crippen LogP contribution in [0.4, 0.5) is 5.69 Å². The Morgan fingerprint density at radius 1 is 1.19 bits per heavy atom. The predicted octanol–water partition coefficient (Wildman–Crippen LogP) is 4.53. The summed E-state index contributed by atoms with van der Waals surface area (Å²) in [5.74, 6) is -2.27. The van der Waals surface area contributed by atoms with Crippen molar-refractivity contribution in [3.8, 4) is 16.2 Å². The Labute approximate surface area is 184 Å². The Bertz CT molecular complexity index is 1240. The molecule has 0 atom stereocenters. The number of rotatable bonds is 6. The third kappa shape index (κ3) is 4.71. The summed E-state index contributed by atoms with van der Waals surface area (Å²) >= 11 is 7.27. The van der Waals surface area contributed by atoms with Gasteiger partial charge in [-0.1, -0.05) is 23.7 Å². The maximum atomic E-state index is 12.3. The van der Waals surface area contributed by atoms with E-state index in [1.54, 1.807) is 36.6 Å². The molecule has 3 aromatic rings. The molecule has 1 amide bonds. The minimum absolute atomic E-state index is 0.0239. The molecule has 9 nitrogen and oxygen atoms in total. The van der Waals surface area contributed by atoms with E-state index in [1.165, 1.54) is 11.3 Å². The fourth-order valence-electron chi connectivity index (χ4n) is 2.71. The van der Waals surface area contributed by atoms with Gasteiger partial charge in [-0.3, -0.25) is 14.9 Å². The van der Waals surface area contributed by atoms with Gasteiger partial charge in [0.1, 0.15) is 11.3 Å². The first kappa shape index (κ1) is 21.9. The number of aromatic carboxylic acids is 1. The summed E-state index contributed by atoms with van der Waals surface area (Å²) < 4.78 is 0. The lowest BCUT2D eigenvalue weighted by molar-refractivity contribution is -0.385. The van der Waals surface area contributed by atoms with Crippen molar-refractivity contribution in [2.75, 3.05) is 0 Å². The molecular weight excluding hydrogens is 446 g/mol. The van der Waals surface area contributed by atoms with Crippen molar-refractivity contribution < 1.29 is 24.7 Å². The van der Waals surface area contributed by atoms with E-state index < -0.39 is 28.1 Å². The second kappa shape index (κ2) is 8.94. The molecule has 0 aliphatic rings. The Morgan fingerprint density at radius 3 is 2.58 bits per heavy atom. The molecule has 0 unspecified atom stereocenters. The number of amides is 1. The van der Waals surface area contributed by atoms with Crippen LogP contribution in [0.2, 0.25) is 5.02 Å². The molecule has 3 rings (SSSR count). The van der Waals surface area contributed by atoms with Gasteiger partial charge in [0.15, 0.2) is 0 Å². The van der Waals surface area contributed by atoms with Gasteiger partial charge in [-0.15, -0.1) is 11.3 Å². The summed E-state index contributed by atoms with van der Waals surface area (Å²) in [6.45, 7) is 1.57. The van der Waals surface area contributed by atoms with Gasteiger partial charge < -0.3 is 10.2 Å². The Kier molecular flexibility index (Phi) is 6.33. The number of thiophene rings is 1. The number of nitrogens with zero attached hydrogens (tertiary/aromatic N) is 2. The Balaban J connectivity index is 1.83. The normalized spacial score (nSPS) is 11.2. The second-order valence-corrected chi connectivity index (χ2v) is 7.59. The molecule has 0 aliphatic carbocycles. The van der Waals surface area contributed by atoms with E-state index >= 15 is 0 Å². The summed E-state index contributed by atoms with van der Waals surface area (Å²) in [6, 6.07) is 9.97. The summed E-state index contributed by atoms with van der Waals surface area (Å²) in [7, 11) is 0. The van der Waals surface area contributed by atoms with Crippen LogP contribution >= 0.6 is 22.9 Å². The molecule has 3 N–H and O–H groups in total. The van der Waals surface area contributed by atoms with E-state index in [2.05, 4.69) is 10.5 Å². The first-order chi connectivity index (χ1) is 14.7. The molecule has 0 spiro atoms. The van der Waals surface area contributed by atoms with Crippen LogP contribution in [0.15, 0.2) is 52.9 Å². The van der Waals surface area contributed by atoms with E-state index in [4.69, 9.17) is 16.7 Å². The van der Waals surface area contributed by atoms with Crippen LogP contribution in [0.5, 0.6) is 5.75 Å². The lowest BCUT2D eigenvalue weighted by Crippen LogP contribution is -2.19. The van der Waals surface area contributed by atoms with Crippen molar-refractivity contribution in [2.45, 2.75) is 6.92 Å². The molecule has 0 saturated heterocycles. The van der Waals surface area contributed by atoms with Crippen molar-refractivity contribution in [2.24, 2.45) is 5.10 Å². The average molecular weight is 460 g/mol. The number of aromatic hydroxyl groups is 1. The van der Waals surface area contributed by atoms with Crippen molar-refractivity contribution >= 4 is 46.2 Å². The third-order valence-corrected chi connectivity index (χ3v) is 5.51. The lowest BCUT2D eigenvalue weighted by atomic mass is 10.1. The van der Waals surface area contributed by atoms with E-state index in [0.717, 1.165) is 23.8 Å². The highest BCUT2D eigenvalue weighted by molar-refractivity contribution is 7.14. The second-order valence-electron chi connectivity index (χ2n) is 6.27. The highest BCUT2D eigenvalue weighted by Crippen LogP contribution is 2.39. The molecule has 0 fully saturated rings. The van der Waals surface area contributed by atoms with Gasteiger partial charge in [-0.2, -0.15) is 5.10 Å². The van der Waals surface area contributed by atoms with Crippen LogP contribution in [0.1, 0.15) is 33.2 Å². The third-order valence-electron chi connectivity index (χ3n) is 4.25. The maximum absolute atomic E-state index is 12.3. The van der Waals surface area contributed by atoms with Crippen LogP contribution in [-0.4, -0.2) is 32.7 Å². The highest BCUT2D eigenvalue weighted by atomic mass is 35.5. The quantitative estimate of drug-likeness (QED) is 0.280. The standard InChI is InChI=1S/C20H14ClN3O6S/c1-10(15-9-31-18(17(15)25)11-3-2-4-13(21)7-11)22-23-19(26)12-5-6-14(20(27)28)16(8-12)24(29)30/h2-9,25H,1H3,(H,23,26)(H,27,28)/b22-10+. The zero-order chi connectivity index (χ0) is 22.7. The Morgan fingerprint density at radius 2 is 1.94 bits per heavy atom. The summed E-state index contributed by atoms with van der Waals surface area (Å²) in [5.41, 5.74) is 2.30. The number of benzene rings is 2. The largest absolute Gasteiger partial charge is 0.506 e. The Hall–Kier alpha value is -3.76. The number of nitrogens with one attached hydrogen (secondary N) is 1. The first-order valence-electron chi connectivity index (χ1n) is 8.62. The van der Waals surface area contributed by atoms with Gasteiger partial charge in [0.2, 0.25) is 0 Å². The number of carbonyl (C=O) groups excluding carboxylic acids is 1. The number of nitro benzene ring substituents is 1. The van der Waals surface area contributed by atoms with Crippen molar-refractivity contribution in [1.82, 2.24) is 5.43 Å². The minimum atomic E-state index is -1.48. The van der Waals surface area contributed by atoms with Crippen molar-refractivity contribution in [1.29, 1.82) is 0 Å². The summed E-state index contributed by atoms with van der Waals surface area (Å²) in [4.78, 5) is 34.2. The van der Waals surface area contributed by atoms with Crippen LogP contribution in [0, 0.1) is 10.1 Å². The predicted molar refractivity (Wildman–Crippen MR) is 116 cm³/mol. The van der Waals surface area contributed by atoms with Crippen LogP contribution < -0.4 is 5.43 Å². The molecule has 2 aromatic carbocycles. The molecule has 0 saturated carbocycles. The van der Waals surface area contributed by atoms with Gasteiger partial charge in [-0.05, 0) is 36.8 Å². The number of hydrogen-bond donors (Lipinski definition) is 3. The number of carbonyl (C=O) groups is 2. The molecule has 31 heavy (non-hydrogen) atoms. The summed E-state index contributed by atoms with van der Waals surface area (Å²) in [6.07, 6.45) is 0. The van der Waals surface area contributed by atoms with Crippen molar-refractivity contribution in [3.05, 3.63) is 79.7 Å². The topological polar surface area (TPSA) is 142 Å². The smallest absolute Gasteiger partial charge is 0.342 e. The molecular formula is C20H14ClN3O6S. The number of nitro groups is 1. The fourth-order valence-corrected chi connectivity index (χ4v) is 3.90. The molecule has 0 bridgehead atoms. The monoisotopic (exact) mass is 459 g/mol. The number of hydrazone groups is 1. The lowest BCUT2D eigenvalue weighted by Gasteiger charge is -2.05. The van der Waals surface area contributed by atoms with Gasteiger partial charge in [0.25, 0.3) is 11.6 Å². The van der Waals surface area contributed by atoms with Gasteiger partial charge >= 0.3 is 5.97 Å². The van der Waals surface area contributed by atoms with E-state index in [9.17, 15) is 24.8 Å². The van der Waals surface area contributed by atoms with E-state index in [1.807, 2.05) is 0 Å². The molecule has 158 valence electrons. The van der Waals surface area contributed by atoms with Crippen LogP contribution in [0.25, 0.3) is 10.4 Å². The molecule has 1 heterocycles. The minimum Gasteiger partial charge on any atom is -0.506 e. The zero-order valence-corrected chi connectivity index (χ0v) is 17.4. The van der Waals surface area contributed by atoms with Gasteiger partial charge in [-0.25, -0.2) is 10.2 Å². The number of hydrogen-bond acceptors (Lipinski definition) is 7. The first-order valence-corrected chi connectivity index (χ1v) is 9.88. The SMILES string of the molecule is C/C(=N\NC(=O)c1ccc(C(=O)O)c([N+](=O)[O-])c1)c1csc(-c2cccc(Cl)c2)c1O. The zero-order valence-electron chi connectivity index (χ0n) is 15.8.